The molecule has 0 amide bonds. The van der Waals surface area contributed by atoms with Crippen LogP contribution >= 0.6 is 0 Å². The standard InChI is InChI=1S/C14H21N3O2/c1-19-13-3-2-10(14(15)16)8-11(13)9-17-6-4-12(18)5-7-17/h2-3,8,12,18H,4-7,9H2,1H3,(H3,15,16). The van der Waals surface area contributed by atoms with Gasteiger partial charge in [0.25, 0.3) is 0 Å². The third kappa shape index (κ3) is 3.45. The molecule has 104 valence electrons. The van der Waals surface area contributed by atoms with Crippen LogP contribution in [0.4, 0.5) is 0 Å². The molecule has 1 saturated heterocycles. The molecule has 0 spiro atoms. The lowest BCUT2D eigenvalue weighted by molar-refractivity contribution is 0.0789. The topological polar surface area (TPSA) is 82.6 Å². The Kier molecular flexibility index (Phi) is 4.39. The van der Waals surface area contributed by atoms with Crippen molar-refractivity contribution in [3.05, 3.63) is 29.3 Å². The summed E-state index contributed by atoms with van der Waals surface area (Å²) in [5.74, 6) is 0.883. The number of amidine groups is 1. The molecule has 5 heteroatoms. The van der Waals surface area contributed by atoms with Crippen LogP contribution in [0.1, 0.15) is 24.0 Å². The second-order valence-electron chi connectivity index (χ2n) is 4.95. The third-order valence-electron chi connectivity index (χ3n) is 3.54. The van der Waals surface area contributed by atoms with Crippen LogP contribution in [-0.4, -0.2) is 42.1 Å². The van der Waals surface area contributed by atoms with Crippen LogP contribution < -0.4 is 10.5 Å². The number of aliphatic hydroxyl groups is 1. The summed E-state index contributed by atoms with van der Waals surface area (Å²) in [7, 11) is 1.65. The fraction of sp³-hybridized carbons (Fsp3) is 0.500. The van der Waals surface area contributed by atoms with E-state index < -0.39 is 0 Å². The van der Waals surface area contributed by atoms with Crippen molar-refractivity contribution < 1.29 is 9.84 Å². The molecule has 1 aromatic rings. The van der Waals surface area contributed by atoms with Crippen molar-refractivity contribution in [2.24, 2.45) is 5.73 Å². The zero-order chi connectivity index (χ0) is 13.8. The monoisotopic (exact) mass is 263 g/mol. The van der Waals surface area contributed by atoms with Gasteiger partial charge in [0, 0.05) is 30.8 Å². The van der Waals surface area contributed by atoms with E-state index >= 15 is 0 Å². The summed E-state index contributed by atoms with van der Waals surface area (Å²) < 4.78 is 5.36. The average Bonchev–Trinajstić information content (AvgIpc) is 2.41. The molecular formula is C14H21N3O2. The maximum Gasteiger partial charge on any atom is 0.123 e. The molecule has 0 bridgehead atoms. The molecule has 1 heterocycles. The van der Waals surface area contributed by atoms with Gasteiger partial charge in [-0.2, -0.15) is 0 Å². The lowest BCUT2D eigenvalue weighted by Gasteiger charge is -2.30. The van der Waals surface area contributed by atoms with E-state index in [-0.39, 0.29) is 11.9 Å². The van der Waals surface area contributed by atoms with Crippen molar-refractivity contribution in [3.63, 3.8) is 0 Å². The van der Waals surface area contributed by atoms with Crippen molar-refractivity contribution in [1.29, 1.82) is 5.41 Å². The summed E-state index contributed by atoms with van der Waals surface area (Å²) in [6.45, 7) is 2.53. The Morgan fingerprint density at radius 3 is 2.74 bits per heavy atom. The van der Waals surface area contributed by atoms with E-state index in [9.17, 15) is 5.11 Å². The molecule has 1 aromatic carbocycles. The van der Waals surface area contributed by atoms with Gasteiger partial charge < -0.3 is 15.6 Å². The van der Waals surface area contributed by atoms with Gasteiger partial charge in [0.05, 0.1) is 13.2 Å². The van der Waals surface area contributed by atoms with Crippen LogP contribution in [-0.2, 0) is 6.54 Å². The van der Waals surface area contributed by atoms with Crippen LogP contribution in [0.5, 0.6) is 5.75 Å². The van der Waals surface area contributed by atoms with Gasteiger partial charge in [-0.3, -0.25) is 10.3 Å². The minimum atomic E-state index is -0.165. The van der Waals surface area contributed by atoms with Crippen LogP contribution in [0.25, 0.3) is 0 Å². The second kappa shape index (κ2) is 6.04. The highest BCUT2D eigenvalue weighted by Gasteiger charge is 2.18. The molecule has 0 radical (unpaired) electrons. The fourth-order valence-electron chi connectivity index (χ4n) is 2.39. The van der Waals surface area contributed by atoms with Gasteiger partial charge in [0.1, 0.15) is 11.6 Å². The summed E-state index contributed by atoms with van der Waals surface area (Å²) in [4.78, 5) is 2.29. The minimum Gasteiger partial charge on any atom is -0.496 e. The van der Waals surface area contributed by atoms with E-state index in [2.05, 4.69) is 4.90 Å². The first kappa shape index (κ1) is 13.8. The lowest BCUT2D eigenvalue weighted by atomic mass is 10.0. The summed E-state index contributed by atoms with van der Waals surface area (Å²) in [6.07, 6.45) is 1.46. The zero-order valence-electron chi connectivity index (χ0n) is 11.2. The van der Waals surface area contributed by atoms with E-state index in [4.69, 9.17) is 15.9 Å². The van der Waals surface area contributed by atoms with Crippen LogP contribution in [0.15, 0.2) is 18.2 Å². The van der Waals surface area contributed by atoms with Gasteiger partial charge in [-0.15, -0.1) is 0 Å². The van der Waals surface area contributed by atoms with Gasteiger partial charge in [-0.05, 0) is 31.0 Å². The van der Waals surface area contributed by atoms with E-state index in [1.54, 1.807) is 13.2 Å². The number of nitrogen functional groups attached to an aromatic ring is 1. The average molecular weight is 263 g/mol. The summed E-state index contributed by atoms with van der Waals surface area (Å²) in [5, 5.41) is 17.0. The van der Waals surface area contributed by atoms with E-state index in [0.29, 0.717) is 5.56 Å². The number of aliphatic hydroxyl groups excluding tert-OH is 1. The molecule has 0 aliphatic carbocycles. The number of nitrogens with two attached hydrogens (primary N) is 1. The van der Waals surface area contributed by atoms with Crippen LogP contribution in [0, 0.1) is 5.41 Å². The Morgan fingerprint density at radius 1 is 1.47 bits per heavy atom. The maximum atomic E-state index is 9.51. The van der Waals surface area contributed by atoms with Crippen molar-refractivity contribution in [1.82, 2.24) is 4.90 Å². The van der Waals surface area contributed by atoms with Gasteiger partial charge in [0.15, 0.2) is 0 Å². The fourth-order valence-corrected chi connectivity index (χ4v) is 2.39. The van der Waals surface area contributed by atoms with Crippen molar-refractivity contribution in [2.75, 3.05) is 20.2 Å². The molecular weight excluding hydrogens is 242 g/mol. The van der Waals surface area contributed by atoms with Crippen molar-refractivity contribution in [3.8, 4) is 5.75 Å². The smallest absolute Gasteiger partial charge is 0.123 e. The summed E-state index contributed by atoms with van der Waals surface area (Å²) in [5.41, 5.74) is 7.27. The molecule has 5 nitrogen and oxygen atoms in total. The minimum absolute atomic E-state index is 0.0676. The first-order valence-corrected chi connectivity index (χ1v) is 6.52. The maximum absolute atomic E-state index is 9.51. The molecule has 0 saturated carbocycles. The molecule has 0 unspecified atom stereocenters. The molecule has 1 aliphatic heterocycles. The first-order chi connectivity index (χ1) is 9.10. The number of benzene rings is 1. The van der Waals surface area contributed by atoms with Gasteiger partial charge >= 0.3 is 0 Å². The van der Waals surface area contributed by atoms with E-state index in [1.807, 2.05) is 12.1 Å². The van der Waals surface area contributed by atoms with Crippen molar-refractivity contribution in [2.45, 2.75) is 25.5 Å². The number of rotatable bonds is 4. The number of nitrogens with one attached hydrogen (secondary N) is 1. The third-order valence-corrected chi connectivity index (χ3v) is 3.54. The van der Waals surface area contributed by atoms with Crippen molar-refractivity contribution >= 4 is 5.84 Å². The van der Waals surface area contributed by atoms with E-state index in [1.165, 1.54) is 0 Å². The lowest BCUT2D eigenvalue weighted by Crippen LogP contribution is -2.35. The van der Waals surface area contributed by atoms with E-state index in [0.717, 1.165) is 43.8 Å². The largest absolute Gasteiger partial charge is 0.496 e. The Morgan fingerprint density at radius 2 is 2.16 bits per heavy atom. The van der Waals surface area contributed by atoms with Gasteiger partial charge in [-0.25, -0.2) is 0 Å². The predicted octanol–water partition coefficient (Wildman–Crippen LogP) is 0.936. The molecule has 19 heavy (non-hydrogen) atoms. The quantitative estimate of drug-likeness (QED) is 0.557. The number of hydrogen-bond acceptors (Lipinski definition) is 4. The first-order valence-electron chi connectivity index (χ1n) is 6.52. The molecule has 1 aliphatic rings. The normalized spacial score (nSPS) is 17.4. The molecule has 4 N–H and O–H groups in total. The number of piperidine rings is 1. The summed E-state index contributed by atoms with van der Waals surface area (Å²) in [6, 6.07) is 5.56. The molecule has 0 atom stereocenters. The molecule has 2 rings (SSSR count). The SMILES string of the molecule is COc1ccc(C(=N)N)cc1CN1CCC(O)CC1. The Bertz CT molecular complexity index is 454. The Balaban J connectivity index is 2.13. The number of ether oxygens (including phenoxy) is 1. The Hall–Kier alpha value is -1.59. The zero-order valence-corrected chi connectivity index (χ0v) is 11.2. The highest BCUT2D eigenvalue weighted by molar-refractivity contribution is 5.95. The van der Waals surface area contributed by atoms with Gasteiger partial charge in [0.2, 0.25) is 0 Å². The molecule has 1 fully saturated rings. The molecule has 0 aromatic heterocycles. The van der Waals surface area contributed by atoms with Crippen LogP contribution in [0.2, 0.25) is 0 Å². The highest BCUT2D eigenvalue weighted by atomic mass is 16.5. The number of hydrogen-bond donors (Lipinski definition) is 3. The number of nitrogens with zero attached hydrogens (tertiary/aromatic N) is 1. The summed E-state index contributed by atoms with van der Waals surface area (Å²) >= 11 is 0. The number of methoxy groups -OCH3 is 1. The second-order valence-corrected chi connectivity index (χ2v) is 4.95. The Labute approximate surface area is 113 Å². The predicted molar refractivity (Wildman–Crippen MR) is 74.5 cm³/mol. The van der Waals surface area contributed by atoms with Crippen LogP contribution in [0.3, 0.4) is 0 Å². The highest BCUT2D eigenvalue weighted by Crippen LogP contribution is 2.23. The number of likely N-dealkylation sites (tertiary alicyclic amines) is 1. The van der Waals surface area contributed by atoms with Gasteiger partial charge in [-0.1, -0.05) is 0 Å².